The van der Waals surface area contributed by atoms with Gasteiger partial charge in [-0.1, -0.05) is 6.92 Å². The number of ether oxygens (including phenoxy) is 2. The Morgan fingerprint density at radius 2 is 1.84 bits per heavy atom. The molecule has 1 aliphatic rings. The Hall–Kier alpha value is -2.70. The molecule has 2 amide bonds. The van der Waals surface area contributed by atoms with Gasteiger partial charge >= 0.3 is 6.03 Å². The summed E-state index contributed by atoms with van der Waals surface area (Å²) < 4.78 is 34.7. The van der Waals surface area contributed by atoms with Crippen LogP contribution in [0.15, 0.2) is 18.5 Å². The molecule has 12 heteroatoms. The molecule has 2 atom stereocenters. The van der Waals surface area contributed by atoms with Crippen molar-refractivity contribution in [1.29, 1.82) is 0 Å². The van der Waals surface area contributed by atoms with Crippen molar-refractivity contribution in [2.75, 3.05) is 38.8 Å². The zero-order valence-corrected chi connectivity index (χ0v) is 18.7. The fourth-order valence-electron chi connectivity index (χ4n) is 3.67. The van der Waals surface area contributed by atoms with Crippen LogP contribution in [-0.2, 0) is 11.3 Å². The molecule has 2 aromatic rings. The Labute approximate surface area is 183 Å². The minimum Gasteiger partial charge on any atom is -0.760 e. The third kappa shape index (κ3) is 6.91. The van der Waals surface area contributed by atoms with E-state index in [0.29, 0.717) is 29.9 Å². The Morgan fingerprint density at radius 1 is 1.26 bits per heavy atom. The van der Waals surface area contributed by atoms with Gasteiger partial charge in [0.25, 0.3) is 0 Å². The molecule has 1 aliphatic heterocycles. The molecule has 3 rings (SSSR count). The van der Waals surface area contributed by atoms with E-state index in [1.165, 1.54) is 0 Å². The number of aromatic nitrogens is 2. The number of rotatable bonds is 7. The first-order valence-corrected chi connectivity index (χ1v) is 10.8. The highest BCUT2D eigenvalue weighted by atomic mass is 32.2. The van der Waals surface area contributed by atoms with Crippen molar-refractivity contribution in [3.05, 3.63) is 18.5 Å². The molecule has 0 bridgehead atoms. The second kappa shape index (κ2) is 11.6. The molecule has 1 aromatic heterocycles. The minimum atomic E-state index is -2.20. The predicted octanol–water partition coefficient (Wildman–Crippen LogP) is 0.907. The fourth-order valence-corrected chi connectivity index (χ4v) is 4.07. The average molecular weight is 454 g/mol. The highest BCUT2D eigenvalue weighted by molar-refractivity contribution is 7.77. The van der Waals surface area contributed by atoms with Crippen LogP contribution in [0.25, 0.3) is 10.9 Å². The molecule has 0 spiro atoms. The summed E-state index contributed by atoms with van der Waals surface area (Å²) in [5, 5.41) is 0.935. The van der Waals surface area contributed by atoms with Gasteiger partial charge < -0.3 is 30.4 Å². The summed E-state index contributed by atoms with van der Waals surface area (Å²) >= 11 is -2.20. The molecule has 1 fully saturated rings. The maximum atomic E-state index is 10.7. The maximum Gasteiger partial charge on any atom is 0.309 e. The summed E-state index contributed by atoms with van der Waals surface area (Å²) in [6.45, 7) is 4.32. The number of benzene rings is 1. The third-order valence-electron chi connectivity index (χ3n) is 5.29. The second-order valence-electron chi connectivity index (χ2n) is 7.21. The van der Waals surface area contributed by atoms with Gasteiger partial charge in [-0.15, -0.1) is 0 Å². The van der Waals surface area contributed by atoms with Gasteiger partial charge in [0, 0.05) is 42.4 Å². The van der Waals surface area contributed by atoms with Crippen molar-refractivity contribution >= 4 is 34.0 Å². The number of nitrogens with zero attached hydrogens (tertiary/aromatic N) is 3. The highest BCUT2D eigenvalue weighted by Gasteiger charge is 2.25. The first kappa shape index (κ1) is 24.6. The van der Waals surface area contributed by atoms with Crippen LogP contribution in [0.2, 0.25) is 0 Å². The Balaban J connectivity index is 0.000000785. The second-order valence-corrected chi connectivity index (χ2v) is 7.97. The van der Waals surface area contributed by atoms with Crippen molar-refractivity contribution in [2.24, 2.45) is 23.3 Å². The Bertz CT molecular complexity index is 903. The van der Waals surface area contributed by atoms with Gasteiger partial charge in [0.2, 0.25) is 0 Å². The van der Waals surface area contributed by atoms with Crippen molar-refractivity contribution < 1.29 is 23.0 Å². The van der Waals surface area contributed by atoms with Gasteiger partial charge in [0.1, 0.15) is 12.1 Å². The molecule has 2 heterocycles. The minimum absolute atomic E-state index is 0.302. The number of nitrogens with one attached hydrogen (secondary N) is 1. The van der Waals surface area contributed by atoms with Gasteiger partial charge in [-0.25, -0.2) is 19.5 Å². The first-order valence-electron chi connectivity index (χ1n) is 9.76. The molecular weight excluding hydrogens is 424 g/mol. The number of nitrogens with two attached hydrogens (primary N) is 2. The number of carbonyl (C=O) groups excluding carboxylic acids is 1. The smallest absolute Gasteiger partial charge is 0.309 e. The van der Waals surface area contributed by atoms with Gasteiger partial charge in [-0.05, 0) is 30.7 Å². The van der Waals surface area contributed by atoms with Crippen molar-refractivity contribution in [1.82, 2.24) is 14.7 Å². The zero-order valence-electron chi connectivity index (χ0n) is 17.9. The van der Waals surface area contributed by atoms with Crippen molar-refractivity contribution in [3.63, 3.8) is 0 Å². The number of carbonyl (C=O) groups is 1. The molecule has 0 aliphatic carbocycles. The lowest BCUT2D eigenvalue weighted by atomic mass is 9.85. The van der Waals surface area contributed by atoms with Crippen LogP contribution < -0.4 is 30.6 Å². The lowest BCUT2D eigenvalue weighted by molar-refractivity contribution is 0.256. The van der Waals surface area contributed by atoms with Crippen LogP contribution in [0.3, 0.4) is 0 Å². The highest BCUT2D eigenvalue weighted by Crippen LogP contribution is 2.36. The number of methoxy groups -OCH3 is 2. The normalized spacial score (nSPS) is 16.2. The molecule has 172 valence electrons. The van der Waals surface area contributed by atoms with Gasteiger partial charge in [-0.2, -0.15) is 0 Å². The molecule has 1 saturated heterocycles. The van der Waals surface area contributed by atoms with E-state index in [-0.39, 0.29) is 0 Å². The van der Waals surface area contributed by atoms with E-state index in [1.807, 2.05) is 12.1 Å². The lowest BCUT2D eigenvalue weighted by Gasteiger charge is -2.36. The third-order valence-corrected chi connectivity index (χ3v) is 5.69. The number of amides is 2. The summed E-state index contributed by atoms with van der Waals surface area (Å²) in [4.78, 5) is 20.1. The number of urea groups is 1. The first-order chi connectivity index (χ1) is 14.8. The maximum absolute atomic E-state index is 10.7. The lowest BCUT2D eigenvalue weighted by Crippen LogP contribution is -2.38. The number of hydrogen-bond acceptors (Lipinski definition) is 8. The van der Waals surface area contributed by atoms with E-state index in [0.717, 1.165) is 42.7 Å². The molecule has 0 radical (unpaired) electrons. The number of fused-ring (bicyclic) bond motifs is 1. The molecule has 0 saturated carbocycles. The van der Waals surface area contributed by atoms with Crippen LogP contribution >= 0.6 is 0 Å². The molecule has 31 heavy (non-hydrogen) atoms. The SMILES string of the molecule is COc1cc2ncnc(N3CCC(C(C)CNS(=O)[O-])CC3)c2cc1OC.NC(N)=O. The summed E-state index contributed by atoms with van der Waals surface area (Å²) in [7, 11) is 3.22. The molecule has 11 nitrogen and oxygen atoms in total. The summed E-state index contributed by atoms with van der Waals surface area (Å²) in [6.07, 6.45) is 3.56. The summed E-state index contributed by atoms with van der Waals surface area (Å²) in [6, 6.07) is 2.95. The van der Waals surface area contributed by atoms with E-state index in [4.69, 9.17) is 14.3 Å². The van der Waals surface area contributed by atoms with Crippen LogP contribution in [0.1, 0.15) is 19.8 Å². The monoisotopic (exact) mass is 453 g/mol. The van der Waals surface area contributed by atoms with E-state index in [9.17, 15) is 8.76 Å². The van der Waals surface area contributed by atoms with Crippen LogP contribution in [-0.4, -0.2) is 58.6 Å². The predicted molar refractivity (Wildman–Crippen MR) is 117 cm³/mol. The number of piperidine rings is 1. The van der Waals surface area contributed by atoms with E-state index in [1.54, 1.807) is 20.5 Å². The van der Waals surface area contributed by atoms with Crippen LogP contribution in [0, 0.1) is 11.8 Å². The van der Waals surface area contributed by atoms with E-state index >= 15 is 0 Å². The largest absolute Gasteiger partial charge is 0.760 e. The molecule has 5 N–H and O–H groups in total. The van der Waals surface area contributed by atoms with E-state index in [2.05, 4.69) is 38.0 Å². The number of anilines is 1. The number of hydrogen-bond donors (Lipinski definition) is 3. The standard InChI is InChI=1S/C18H26N4O4S.CH4N2O/c1-12(10-21-27(23)24)13-4-6-22(7-5-13)18-14-8-16(25-2)17(26-3)9-15(14)19-11-20-18;2-1(3)4/h8-9,11-13,21H,4-7,10H2,1-3H3,(H,23,24);(H4,2,3,4)/p-1. The Morgan fingerprint density at radius 3 is 2.39 bits per heavy atom. The molecule has 1 aromatic carbocycles. The average Bonchev–Trinajstić information content (AvgIpc) is 2.75. The van der Waals surface area contributed by atoms with Crippen molar-refractivity contribution in [2.45, 2.75) is 19.8 Å². The van der Waals surface area contributed by atoms with Crippen LogP contribution in [0.4, 0.5) is 10.6 Å². The molecule has 2 unspecified atom stereocenters. The topological polar surface area (TPSA) is 169 Å². The quantitative estimate of drug-likeness (QED) is 0.519. The molecular formula is C19H29N6O5S-. The van der Waals surface area contributed by atoms with Crippen LogP contribution in [0.5, 0.6) is 11.5 Å². The van der Waals surface area contributed by atoms with Gasteiger partial charge in [0.15, 0.2) is 11.5 Å². The Kier molecular flexibility index (Phi) is 9.21. The fraction of sp³-hybridized carbons (Fsp3) is 0.526. The summed E-state index contributed by atoms with van der Waals surface area (Å²) in [5.74, 6) is 2.98. The van der Waals surface area contributed by atoms with Gasteiger partial charge in [-0.3, -0.25) is 4.21 Å². The van der Waals surface area contributed by atoms with Crippen molar-refractivity contribution in [3.8, 4) is 11.5 Å². The number of primary amides is 2. The summed E-state index contributed by atoms with van der Waals surface area (Å²) in [5.41, 5.74) is 9.32. The van der Waals surface area contributed by atoms with E-state index < -0.39 is 17.3 Å². The zero-order chi connectivity index (χ0) is 23.0. The van der Waals surface area contributed by atoms with Gasteiger partial charge in [0.05, 0.1) is 19.7 Å².